The number of hydrogen-bond acceptors (Lipinski definition) is 10. The number of carbonyl (C=O) groups is 2. The summed E-state index contributed by atoms with van der Waals surface area (Å²) in [5.41, 5.74) is 5.77. The van der Waals surface area contributed by atoms with Crippen molar-refractivity contribution in [1.82, 2.24) is 30.7 Å². The molecule has 1 aliphatic carbocycles. The van der Waals surface area contributed by atoms with Crippen LogP contribution in [0.25, 0.3) is 0 Å². The molecule has 3 aromatic rings. The van der Waals surface area contributed by atoms with Crippen LogP contribution in [-0.4, -0.2) is 94.2 Å². The highest BCUT2D eigenvalue weighted by Gasteiger charge is 2.49. The molecule has 4 aliphatic heterocycles. The summed E-state index contributed by atoms with van der Waals surface area (Å²) in [5, 5.41) is 7.59. The number of hydrogen-bond donors (Lipinski definition) is 2. The molecule has 13 nitrogen and oxygen atoms in total. The number of rotatable bonds is 6. The quantitative estimate of drug-likeness (QED) is 0.301. The number of fused-ring (bicyclic) bond motifs is 5. The van der Waals surface area contributed by atoms with Crippen LogP contribution >= 0.6 is 0 Å². The maximum Gasteiger partial charge on any atom is 0.412 e. The number of benzene rings is 1. The molecule has 0 saturated carbocycles. The first-order chi connectivity index (χ1) is 25.3. The van der Waals surface area contributed by atoms with Gasteiger partial charge in [0.05, 0.1) is 35.7 Å². The molecule has 2 fully saturated rings. The molecule has 4 N–H and O–H groups in total. The summed E-state index contributed by atoms with van der Waals surface area (Å²) in [4.78, 5) is 36.9. The lowest BCUT2D eigenvalue weighted by molar-refractivity contribution is -0.0853. The van der Waals surface area contributed by atoms with Crippen molar-refractivity contribution in [2.45, 2.75) is 115 Å². The molecule has 2 saturated heterocycles. The van der Waals surface area contributed by atoms with E-state index in [0.29, 0.717) is 63.0 Å². The molecule has 0 unspecified atom stereocenters. The van der Waals surface area contributed by atoms with Crippen molar-refractivity contribution in [3.8, 4) is 5.88 Å². The number of nitrogens with one attached hydrogen (secondary N) is 1. The summed E-state index contributed by atoms with van der Waals surface area (Å²) in [6, 6.07) is 9.99. The molecule has 6 heterocycles. The van der Waals surface area contributed by atoms with E-state index in [1.165, 1.54) is 5.56 Å². The number of ether oxygens (including phenoxy) is 3. The van der Waals surface area contributed by atoms with Gasteiger partial charge >= 0.3 is 6.09 Å². The van der Waals surface area contributed by atoms with Crippen LogP contribution in [0.3, 0.4) is 0 Å². The molecule has 0 radical (unpaired) electrons. The number of aryl methyl sites for hydroxylation is 2. The van der Waals surface area contributed by atoms with Crippen LogP contribution in [0.1, 0.15) is 97.9 Å². The third-order valence-corrected chi connectivity index (χ3v) is 11.6. The Morgan fingerprint density at radius 3 is 2.72 bits per heavy atom. The van der Waals surface area contributed by atoms with Gasteiger partial charge in [-0.05, 0) is 95.2 Å². The first kappa shape index (κ1) is 38.0. The molecular formula is C40H55FN8O5. The van der Waals surface area contributed by atoms with Gasteiger partial charge in [-0.2, -0.15) is 5.10 Å². The van der Waals surface area contributed by atoms with Crippen LogP contribution in [0.2, 0.25) is 0 Å². The van der Waals surface area contributed by atoms with E-state index in [1.807, 2.05) is 49.7 Å². The molecule has 292 valence electrons. The third kappa shape index (κ3) is 7.27. The Hall–Kier alpha value is -4.27. The van der Waals surface area contributed by atoms with Gasteiger partial charge in [0.15, 0.2) is 5.69 Å². The summed E-state index contributed by atoms with van der Waals surface area (Å²) in [6.07, 6.45) is 5.23. The van der Waals surface area contributed by atoms with E-state index < -0.39 is 23.5 Å². The first-order valence-electron chi connectivity index (χ1n) is 19.2. The van der Waals surface area contributed by atoms with Crippen LogP contribution in [0.15, 0.2) is 30.3 Å². The van der Waals surface area contributed by atoms with Crippen molar-refractivity contribution in [1.29, 1.82) is 0 Å². The normalized spacial score (nSPS) is 24.8. The van der Waals surface area contributed by atoms with E-state index in [0.717, 1.165) is 79.8 Å². The summed E-state index contributed by atoms with van der Waals surface area (Å²) in [6.45, 7) is 9.73. The predicted molar refractivity (Wildman–Crippen MR) is 203 cm³/mol. The Kier molecular flexibility index (Phi) is 10.2. The van der Waals surface area contributed by atoms with Crippen LogP contribution in [-0.2, 0) is 47.6 Å². The molecule has 2 aromatic heterocycles. The number of anilines is 2. The standard InChI is InChI=1S/C40H52FN7O5.H3N/c1-38(2,3)53-37(50)42-28-11-10-26-9-6-13-40(31(26)17-28)21-33-30(24-52-40)34(19-35(43-33)51-25-39-12-7-15-47(39)22-27(41)20-39)46-14-8-16-48-29(23-46)18-32(44-48)36(49)45(4)5;/h10-11,17-19,27H,6-9,12-16,20-25H2,1-5H3,(H,42,50);1H3/t27-,39+,40+;/m1./s1. The third-order valence-electron chi connectivity index (χ3n) is 11.6. The van der Waals surface area contributed by atoms with Crippen molar-refractivity contribution >= 4 is 23.4 Å². The smallest absolute Gasteiger partial charge is 0.412 e. The molecule has 8 rings (SSSR count). The fourth-order valence-electron chi connectivity index (χ4n) is 9.18. The number of halogens is 1. The van der Waals surface area contributed by atoms with Crippen molar-refractivity contribution in [3.63, 3.8) is 0 Å². The zero-order valence-electron chi connectivity index (χ0n) is 32.4. The van der Waals surface area contributed by atoms with E-state index in [4.69, 9.17) is 19.2 Å². The first-order valence-corrected chi connectivity index (χ1v) is 19.2. The van der Waals surface area contributed by atoms with Gasteiger partial charge < -0.3 is 30.2 Å². The van der Waals surface area contributed by atoms with Crippen LogP contribution in [0, 0.1) is 0 Å². The molecule has 5 aliphatic rings. The SMILES string of the molecule is CN(C)C(=O)c1cc2n(n1)CCCN(c1cc(OC[C@@]34CCCN3C[C@H](F)C4)nc3c1CO[C@@]1(CCCc4ccc(NC(=O)OC(C)(C)C)cc41)C3)C2.N. The van der Waals surface area contributed by atoms with Gasteiger partial charge in [0.25, 0.3) is 5.91 Å². The molecule has 54 heavy (non-hydrogen) atoms. The van der Waals surface area contributed by atoms with Gasteiger partial charge in [-0.1, -0.05) is 6.07 Å². The van der Waals surface area contributed by atoms with Gasteiger partial charge in [-0.25, -0.2) is 14.2 Å². The highest BCUT2D eigenvalue weighted by Crippen LogP contribution is 2.48. The van der Waals surface area contributed by atoms with E-state index in [1.54, 1.807) is 19.0 Å². The summed E-state index contributed by atoms with van der Waals surface area (Å²) in [7, 11) is 3.48. The van der Waals surface area contributed by atoms with Crippen molar-refractivity contribution in [3.05, 3.63) is 64.1 Å². The van der Waals surface area contributed by atoms with Crippen LogP contribution in [0.5, 0.6) is 5.88 Å². The van der Waals surface area contributed by atoms with E-state index in [-0.39, 0.29) is 17.6 Å². The minimum atomic E-state index is -0.838. The summed E-state index contributed by atoms with van der Waals surface area (Å²) in [5.74, 6) is 0.421. The average Bonchev–Trinajstić information content (AvgIpc) is 3.73. The predicted octanol–water partition coefficient (Wildman–Crippen LogP) is 6.16. The molecular weight excluding hydrogens is 691 g/mol. The van der Waals surface area contributed by atoms with Crippen molar-refractivity contribution in [2.75, 3.05) is 50.6 Å². The maximum atomic E-state index is 14.7. The van der Waals surface area contributed by atoms with Gasteiger partial charge in [-0.3, -0.25) is 19.7 Å². The van der Waals surface area contributed by atoms with Gasteiger partial charge in [0.2, 0.25) is 5.88 Å². The Balaban J connectivity index is 0.00000450. The summed E-state index contributed by atoms with van der Waals surface area (Å²) >= 11 is 0. The molecule has 1 aromatic carbocycles. The zero-order valence-corrected chi connectivity index (χ0v) is 32.4. The maximum absolute atomic E-state index is 14.7. The number of carbonyl (C=O) groups excluding carboxylic acids is 2. The lowest BCUT2D eigenvalue weighted by Crippen LogP contribution is -2.43. The fourth-order valence-corrected chi connectivity index (χ4v) is 9.18. The highest BCUT2D eigenvalue weighted by molar-refractivity contribution is 5.92. The van der Waals surface area contributed by atoms with E-state index in [2.05, 4.69) is 26.3 Å². The average molecular weight is 747 g/mol. The number of alkyl halides is 1. The van der Waals surface area contributed by atoms with Crippen molar-refractivity contribution < 1.29 is 28.2 Å². The Labute approximate surface area is 317 Å². The Morgan fingerprint density at radius 1 is 1.09 bits per heavy atom. The number of amides is 2. The topological polar surface area (TPSA) is 149 Å². The molecule has 3 atom stereocenters. The van der Waals surface area contributed by atoms with E-state index in [9.17, 15) is 14.0 Å². The lowest BCUT2D eigenvalue weighted by atomic mass is 9.74. The van der Waals surface area contributed by atoms with Gasteiger partial charge in [0, 0.05) is 69.6 Å². The van der Waals surface area contributed by atoms with Crippen molar-refractivity contribution in [2.24, 2.45) is 0 Å². The number of nitrogens with zero attached hydrogens (tertiary/aromatic N) is 6. The number of pyridine rings is 1. The minimum absolute atomic E-state index is 0. The second-order valence-corrected chi connectivity index (χ2v) is 16.8. The highest BCUT2D eigenvalue weighted by atomic mass is 19.1. The fraction of sp³-hybridized carbons (Fsp3) is 0.600. The second kappa shape index (κ2) is 14.4. The Bertz CT molecular complexity index is 1910. The molecule has 14 heteroatoms. The lowest BCUT2D eigenvalue weighted by Gasteiger charge is -2.43. The molecule has 2 amide bonds. The summed E-state index contributed by atoms with van der Waals surface area (Å²) < 4.78 is 35.8. The van der Waals surface area contributed by atoms with Crippen LogP contribution in [0.4, 0.5) is 20.6 Å². The van der Waals surface area contributed by atoms with Gasteiger partial charge in [-0.15, -0.1) is 0 Å². The van der Waals surface area contributed by atoms with Gasteiger partial charge in [0.1, 0.15) is 18.4 Å². The monoisotopic (exact) mass is 746 g/mol. The second-order valence-electron chi connectivity index (χ2n) is 16.8. The Morgan fingerprint density at radius 2 is 1.93 bits per heavy atom. The number of aromatic nitrogens is 3. The minimum Gasteiger partial charge on any atom is -0.476 e. The molecule has 1 spiro atoms. The molecule has 0 bridgehead atoms. The zero-order chi connectivity index (χ0) is 37.1. The van der Waals surface area contributed by atoms with E-state index >= 15 is 0 Å². The van der Waals surface area contributed by atoms with Crippen LogP contribution < -0.4 is 21.1 Å². The largest absolute Gasteiger partial charge is 0.476 e.